The summed E-state index contributed by atoms with van der Waals surface area (Å²) < 4.78 is 10.8. The Morgan fingerprint density at radius 2 is 2.12 bits per heavy atom. The molecule has 0 aliphatic carbocycles. The van der Waals surface area contributed by atoms with Crippen LogP contribution in [0, 0.1) is 0 Å². The van der Waals surface area contributed by atoms with Crippen LogP contribution in [0.25, 0.3) is 6.08 Å². The first-order valence-corrected chi connectivity index (χ1v) is 9.60. The number of hydrogen-bond acceptors (Lipinski definition) is 5. The lowest BCUT2D eigenvalue weighted by atomic mass is 10.1. The lowest BCUT2D eigenvalue weighted by Crippen LogP contribution is -2.43. The molecule has 5 nitrogen and oxygen atoms in total. The molecule has 3 rings (SSSR count). The summed E-state index contributed by atoms with van der Waals surface area (Å²) >= 11 is 1.72. The lowest BCUT2D eigenvalue weighted by molar-refractivity contribution is -0.116. The minimum Gasteiger partial charge on any atom is -0.496 e. The molecule has 6 heteroatoms. The van der Waals surface area contributed by atoms with Crippen molar-refractivity contribution >= 4 is 23.3 Å². The van der Waals surface area contributed by atoms with Crippen molar-refractivity contribution in [3.63, 3.8) is 0 Å². The fourth-order valence-electron chi connectivity index (χ4n) is 3.01. The van der Waals surface area contributed by atoms with Crippen molar-refractivity contribution in [2.75, 3.05) is 40.0 Å². The molecule has 1 saturated heterocycles. The third kappa shape index (κ3) is 4.94. The summed E-state index contributed by atoms with van der Waals surface area (Å²) in [6.45, 7) is 3.83. The van der Waals surface area contributed by atoms with Crippen molar-refractivity contribution in [3.8, 4) is 5.75 Å². The summed E-state index contributed by atoms with van der Waals surface area (Å²) in [7, 11) is 1.63. The van der Waals surface area contributed by atoms with Crippen LogP contribution in [-0.4, -0.2) is 50.8 Å². The molecule has 0 saturated carbocycles. The number of rotatable bonds is 7. The molecule has 1 N–H and O–H groups in total. The molecule has 1 amide bonds. The molecule has 26 heavy (non-hydrogen) atoms. The second-order valence-electron chi connectivity index (χ2n) is 6.00. The second kappa shape index (κ2) is 9.52. The number of carbonyl (C=O) groups excluding carboxylic acids is 1. The molecule has 1 aromatic carbocycles. The number of ether oxygens (including phenoxy) is 2. The molecule has 1 aliphatic rings. The predicted molar refractivity (Wildman–Crippen MR) is 104 cm³/mol. The van der Waals surface area contributed by atoms with Gasteiger partial charge in [0.05, 0.1) is 26.4 Å². The van der Waals surface area contributed by atoms with Gasteiger partial charge in [0.1, 0.15) is 5.75 Å². The van der Waals surface area contributed by atoms with Gasteiger partial charge < -0.3 is 14.8 Å². The van der Waals surface area contributed by atoms with Crippen LogP contribution in [0.3, 0.4) is 0 Å². The molecule has 1 fully saturated rings. The zero-order valence-electron chi connectivity index (χ0n) is 14.9. The number of thiophene rings is 1. The van der Waals surface area contributed by atoms with Crippen LogP contribution < -0.4 is 10.1 Å². The van der Waals surface area contributed by atoms with E-state index in [-0.39, 0.29) is 11.9 Å². The minimum atomic E-state index is -0.106. The molecule has 138 valence electrons. The number of amides is 1. The Morgan fingerprint density at radius 3 is 2.85 bits per heavy atom. The zero-order valence-corrected chi connectivity index (χ0v) is 15.7. The van der Waals surface area contributed by atoms with Gasteiger partial charge in [0.25, 0.3) is 0 Å². The monoisotopic (exact) mass is 372 g/mol. The minimum absolute atomic E-state index is 0.106. The first kappa shape index (κ1) is 18.6. The SMILES string of the molecule is COc1ccccc1/C=C/C(=O)NCC(c1cccs1)N1CCOCC1. The molecule has 2 heterocycles. The summed E-state index contributed by atoms with van der Waals surface area (Å²) in [6.07, 6.45) is 3.34. The fourth-order valence-corrected chi connectivity index (χ4v) is 3.87. The molecule has 1 atom stereocenters. The molecule has 1 unspecified atom stereocenters. The number of benzene rings is 1. The van der Waals surface area contributed by atoms with Crippen molar-refractivity contribution in [1.29, 1.82) is 0 Å². The smallest absolute Gasteiger partial charge is 0.244 e. The third-order valence-electron chi connectivity index (χ3n) is 4.38. The van der Waals surface area contributed by atoms with Gasteiger partial charge >= 0.3 is 0 Å². The second-order valence-corrected chi connectivity index (χ2v) is 6.98. The highest BCUT2D eigenvalue weighted by Crippen LogP contribution is 2.25. The Labute approximate surface area is 158 Å². The van der Waals surface area contributed by atoms with Gasteiger partial charge in [0.2, 0.25) is 5.91 Å². The van der Waals surface area contributed by atoms with E-state index in [1.165, 1.54) is 4.88 Å². The number of nitrogens with zero attached hydrogens (tertiary/aromatic N) is 1. The first-order chi connectivity index (χ1) is 12.8. The largest absolute Gasteiger partial charge is 0.496 e. The summed E-state index contributed by atoms with van der Waals surface area (Å²) in [5.74, 6) is 0.645. The number of methoxy groups -OCH3 is 1. The van der Waals surface area contributed by atoms with Crippen molar-refractivity contribution in [2.24, 2.45) is 0 Å². The highest BCUT2D eigenvalue weighted by Gasteiger charge is 2.23. The molecule has 0 radical (unpaired) electrons. The van der Waals surface area contributed by atoms with Gasteiger partial charge in [-0.3, -0.25) is 9.69 Å². The number of morpholine rings is 1. The summed E-state index contributed by atoms with van der Waals surface area (Å²) in [5, 5.41) is 5.11. The quantitative estimate of drug-likeness (QED) is 0.759. The average molecular weight is 372 g/mol. The normalized spacial score (nSPS) is 16.5. The standard InChI is InChI=1S/C20H24N2O3S/c1-24-18-6-3-2-5-16(18)8-9-20(23)21-15-17(19-7-4-14-26-19)22-10-12-25-13-11-22/h2-9,14,17H,10-13,15H2,1H3,(H,21,23)/b9-8+. The molecule has 0 bridgehead atoms. The van der Waals surface area contributed by atoms with Crippen molar-refractivity contribution in [3.05, 3.63) is 58.3 Å². The Hall–Kier alpha value is -2.15. The van der Waals surface area contributed by atoms with Crippen LogP contribution in [0.2, 0.25) is 0 Å². The summed E-state index contributed by atoms with van der Waals surface area (Å²) in [5.41, 5.74) is 0.883. The van der Waals surface area contributed by atoms with Crippen molar-refractivity contribution in [2.45, 2.75) is 6.04 Å². The van der Waals surface area contributed by atoms with E-state index < -0.39 is 0 Å². The fraction of sp³-hybridized carbons (Fsp3) is 0.350. The van der Waals surface area contributed by atoms with Crippen molar-refractivity contribution in [1.82, 2.24) is 10.2 Å². The van der Waals surface area contributed by atoms with E-state index >= 15 is 0 Å². The highest BCUT2D eigenvalue weighted by molar-refractivity contribution is 7.10. The maximum absolute atomic E-state index is 12.3. The van der Waals surface area contributed by atoms with Gasteiger partial charge in [0.15, 0.2) is 0 Å². The maximum atomic E-state index is 12.3. The molecule has 0 spiro atoms. The first-order valence-electron chi connectivity index (χ1n) is 8.72. The Kier molecular flexibility index (Phi) is 6.82. The van der Waals surface area contributed by atoms with Gasteiger partial charge in [0, 0.05) is 36.2 Å². The summed E-state index contributed by atoms with van der Waals surface area (Å²) in [4.78, 5) is 15.9. The van der Waals surface area contributed by atoms with E-state index in [1.807, 2.05) is 24.3 Å². The van der Waals surface area contributed by atoms with Crippen LogP contribution >= 0.6 is 11.3 Å². The van der Waals surface area contributed by atoms with Gasteiger partial charge in [-0.1, -0.05) is 24.3 Å². The highest BCUT2D eigenvalue weighted by atomic mass is 32.1. The van der Waals surface area contributed by atoms with E-state index in [9.17, 15) is 4.79 Å². The Morgan fingerprint density at radius 1 is 1.31 bits per heavy atom. The van der Waals surface area contributed by atoms with E-state index in [0.717, 1.165) is 37.6 Å². The van der Waals surface area contributed by atoms with E-state index in [2.05, 4.69) is 27.7 Å². The number of carbonyl (C=O) groups is 1. The van der Waals surface area contributed by atoms with E-state index in [4.69, 9.17) is 9.47 Å². The van der Waals surface area contributed by atoms with Crippen LogP contribution in [0.4, 0.5) is 0 Å². The van der Waals surface area contributed by atoms with Crippen LogP contribution in [0.5, 0.6) is 5.75 Å². The lowest BCUT2D eigenvalue weighted by Gasteiger charge is -2.34. The van der Waals surface area contributed by atoms with Gasteiger partial charge in [-0.05, 0) is 23.6 Å². The van der Waals surface area contributed by atoms with Crippen LogP contribution in [-0.2, 0) is 9.53 Å². The van der Waals surface area contributed by atoms with E-state index in [1.54, 1.807) is 30.6 Å². The van der Waals surface area contributed by atoms with E-state index in [0.29, 0.717) is 6.54 Å². The number of hydrogen-bond donors (Lipinski definition) is 1. The number of para-hydroxylation sites is 1. The average Bonchev–Trinajstić information content (AvgIpc) is 3.22. The molecular weight excluding hydrogens is 348 g/mol. The Balaban J connectivity index is 1.61. The molecule has 1 aliphatic heterocycles. The van der Waals surface area contributed by atoms with Crippen molar-refractivity contribution < 1.29 is 14.3 Å². The predicted octanol–water partition coefficient (Wildman–Crippen LogP) is 2.96. The molecular formula is C20H24N2O3S. The zero-order chi connectivity index (χ0) is 18.2. The Bertz CT molecular complexity index is 724. The van der Waals surface area contributed by atoms with Gasteiger partial charge in [-0.15, -0.1) is 11.3 Å². The van der Waals surface area contributed by atoms with Gasteiger partial charge in [-0.2, -0.15) is 0 Å². The molecule has 2 aromatic rings. The third-order valence-corrected chi connectivity index (χ3v) is 5.35. The topological polar surface area (TPSA) is 50.8 Å². The number of nitrogens with one attached hydrogen (secondary N) is 1. The van der Waals surface area contributed by atoms with Gasteiger partial charge in [-0.25, -0.2) is 0 Å². The molecule has 1 aromatic heterocycles. The summed E-state index contributed by atoms with van der Waals surface area (Å²) in [6, 6.07) is 12.0. The van der Waals surface area contributed by atoms with Crippen LogP contribution in [0.1, 0.15) is 16.5 Å². The maximum Gasteiger partial charge on any atom is 0.244 e. The van der Waals surface area contributed by atoms with Crippen LogP contribution in [0.15, 0.2) is 47.9 Å².